The number of rotatable bonds is 2. The van der Waals surface area contributed by atoms with Crippen LogP contribution in [0.3, 0.4) is 0 Å². The van der Waals surface area contributed by atoms with E-state index in [1.54, 1.807) is 67.6 Å². The number of aryl methyl sites for hydroxylation is 1. The summed E-state index contributed by atoms with van der Waals surface area (Å²) in [6.45, 7) is 1.74. The van der Waals surface area contributed by atoms with Crippen LogP contribution in [0.2, 0.25) is 5.02 Å². The number of carbonyl (C=O) groups excluding carboxylic acids is 2. The standard InChI is InChI=1S/C25H14ClN5O3/c1-12-21(24-27-18-10-9-13(26)11-17(18)25(34)31(24)30-12)29-28-19-8-4-7-16-20(19)23(33)15-6-3-2-5-14(15)22(16)32/h2-11,30H,1H3. The van der Waals surface area contributed by atoms with E-state index in [2.05, 4.69) is 20.3 Å². The zero-order valence-corrected chi connectivity index (χ0v) is 18.4. The first-order chi connectivity index (χ1) is 16.4. The molecule has 1 aliphatic rings. The van der Waals surface area contributed by atoms with Gasteiger partial charge in [-0.05, 0) is 31.2 Å². The van der Waals surface area contributed by atoms with E-state index in [4.69, 9.17) is 11.6 Å². The van der Waals surface area contributed by atoms with E-state index in [0.717, 1.165) is 0 Å². The first kappa shape index (κ1) is 20.2. The molecule has 8 nitrogen and oxygen atoms in total. The zero-order chi connectivity index (χ0) is 23.6. The van der Waals surface area contributed by atoms with Crippen LogP contribution >= 0.6 is 11.6 Å². The molecule has 9 heteroatoms. The van der Waals surface area contributed by atoms with Crippen LogP contribution < -0.4 is 5.56 Å². The quantitative estimate of drug-likeness (QED) is 0.347. The summed E-state index contributed by atoms with van der Waals surface area (Å²) >= 11 is 6.04. The number of nitrogens with one attached hydrogen (secondary N) is 1. The van der Waals surface area contributed by atoms with Crippen molar-refractivity contribution in [3.63, 3.8) is 0 Å². The lowest BCUT2D eigenvalue weighted by molar-refractivity contribution is 0.0979. The van der Waals surface area contributed by atoms with Crippen LogP contribution in [-0.2, 0) is 0 Å². The first-order valence-corrected chi connectivity index (χ1v) is 10.8. The van der Waals surface area contributed by atoms with Crippen LogP contribution in [0.5, 0.6) is 0 Å². The SMILES string of the molecule is Cc1[nH]n2c(=O)c3cc(Cl)ccc3nc2c1N=Nc1cccc2c1C(=O)c1ccccc1C2=O. The predicted molar refractivity (Wildman–Crippen MR) is 127 cm³/mol. The van der Waals surface area contributed by atoms with Crippen molar-refractivity contribution >= 4 is 51.1 Å². The van der Waals surface area contributed by atoms with E-state index in [1.807, 2.05) is 0 Å². The molecule has 0 saturated carbocycles. The number of carbonyl (C=O) groups is 2. The van der Waals surface area contributed by atoms with Crippen LogP contribution in [-0.4, -0.2) is 26.2 Å². The van der Waals surface area contributed by atoms with E-state index >= 15 is 0 Å². The molecule has 1 N–H and O–H groups in total. The molecule has 1 aliphatic carbocycles. The van der Waals surface area contributed by atoms with Crippen molar-refractivity contribution in [1.29, 1.82) is 0 Å². The summed E-state index contributed by atoms with van der Waals surface area (Å²) in [6, 6.07) is 16.5. The molecule has 0 amide bonds. The number of nitrogens with zero attached hydrogens (tertiary/aromatic N) is 4. The Hall–Kier alpha value is -4.43. The largest absolute Gasteiger partial charge is 0.292 e. The normalized spacial score (nSPS) is 13.1. The van der Waals surface area contributed by atoms with E-state index in [9.17, 15) is 14.4 Å². The molecule has 3 aromatic carbocycles. The first-order valence-electron chi connectivity index (χ1n) is 10.4. The average molecular weight is 468 g/mol. The summed E-state index contributed by atoms with van der Waals surface area (Å²) < 4.78 is 1.29. The minimum absolute atomic E-state index is 0.206. The summed E-state index contributed by atoms with van der Waals surface area (Å²) in [4.78, 5) is 43.7. The maximum atomic E-state index is 13.2. The van der Waals surface area contributed by atoms with Crippen LogP contribution in [0.15, 0.2) is 75.7 Å². The molecule has 2 heterocycles. The van der Waals surface area contributed by atoms with Crippen molar-refractivity contribution in [1.82, 2.24) is 14.6 Å². The molecule has 0 unspecified atom stereocenters. The second-order valence-electron chi connectivity index (χ2n) is 7.93. The van der Waals surface area contributed by atoms with Gasteiger partial charge in [-0.3, -0.25) is 19.5 Å². The third-order valence-corrected chi connectivity index (χ3v) is 6.10. The Bertz CT molecular complexity index is 1800. The number of hydrogen-bond acceptors (Lipinski definition) is 6. The number of halogens is 1. The highest BCUT2D eigenvalue weighted by atomic mass is 35.5. The molecule has 5 aromatic rings. The molecule has 0 radical (unpaired) electrons. The lowest BCUT2D eigenvalue weighted by Crippen LogP contribution is -2.20. The smallest absolute Gasteiger partial charge is 0.280 e. The Morgan fingerprint density at radius 1 is 0.882 bits per heavy atom. The molecule has 0 fully saturated rings. The molecule has 0 saturated heterocycles. The molecule has 34 heavy (non-hydrogen) atoms. The number of ketones is 2. The Kier molecular flexibility index (Phi) is 4.33. The van der Waals surface area contributed by atoms with Crippen LogP contribution in [0, 0.1) is 6.92 Å². The number of fused-ring (bicyclic) bond motifs is 4. The van der Waals surface area contributed by atoms with Crippen molar-refractivity contribution in [3.05, 3.63) is 104 Å². The van der Waals surface area contributed by atoms with Crippen LogP contribution in [0.25, 0.3) is 16.6 Å². The third-order valence-electron chi connectivity index (χ3n) is 5.86. The van der Waals surface area contributed by atoms with Gasteiger partial charge in [0.2, 0.25) is 0 Å². The van der Waals surface area contributed by atoms with Gasteiger partial charge < -0.3 is 0 Å². The molecular formula is C25H14ClN5O3. The van der Waals surface area contributed by atoms with Gasteiger partial charge in [0, 0.05) is 21.7 Å². The topological polar surface area (TPSA) is 109 Å². The Balaban J connectivity index is 1.51. The third kappa shape index (κ3) is 2.85. The van der Waals surface area contributed by atoms with Gasteiger partial charge in [0.25, 0.3) is 5.56 Å². The summed E-state index contributed by atoms with van der Waals surface area (Å²) in [5.74, 6) is -0.517. The fourth-order valence-electron chi connectivity index (χ4n) is 4.24. The van der Waals surface area contributed by atoms with Gasteiger partial charge >= 0.3 is 0 Å². The van der Waals surface area contributed by atoms with E-state index in [1.165, 1.54) is 4.52 Å². The van der Waals surface area contributed by atoms with E-state index in [0.29, 0.717) is 44.1 Å². The summed E-state index contributed by atoms with van der Waals surface area (Å²) in [7, 11) is 0. The lowest BCUT2D eigenvalue weighted by atomic mass is 9.83. The second kappa shape index (κ2) is 7.29. The maximum absolute atomic E-state index is 13.2. The van der Waals surface area contributed by atoms with Crippen LogP contribution in [0.4, 0.5) is 11.4 Å². The van der Waals surface area contributed by atoms with E-state index in [-0.39, 0.29) is 33.9 Å². The zero-order valence-electron chi connectivity index (χ0n) is 17.7. The van der Waals surface area contributed by atoms with Gasteiger partial charge in [-0.15, -0.1) is 10.2 Å². The molecule has 0 spiro atoms. The predicted octanol–water partition coefficient (Wildman–Crippen LogP) is 5.33. The fourth-order valence-corrected chi connectivity index (χ4v) is 4.41. The van der Waals surface area contributed by atoms with Crippen molar-refractivity contribution in [3.8, 4) is 0 Å². The van der Waals surface area contributed by atoms with Gasteiger partial charge in [-0.25, -0.2) is 4.98 Å². The molecule has 2 aromatic heterocycles. The number of H-pyrrole nitrogens is 1. The number of azo groups is 1. The van der Waals surface area contributed by atoms with Gasteiger partial charge in [0.1, 0.15) is 0 Å². The highest BCUT2D eigenvalue weighted by Crippen LogP contribution is 2.35. The number of aromatic amines is 1. The monoisotopic (exact) mass is 467 g/mol. The minimum atomic E-state index is -0.318. The van der Waals surface area contributed by atoms with Crippen molar-refractivity contribution in [2.45, 2.75) is 6.92 Å². The second-order valence-corrected chi connectivity index (χ2v) is 8.36. The van der Waals surface area contributed by atoms with Gasteiger partial charge in [0.05, 0.1) is 27.8 Å². The number of hydrogen-bond donors (Lipinski definition) is 1. The molecule has 0 bridgehead atoms. The summed E-state index contributed by atoms with van der Waals surface area (Å²) in [5.41, 5.74) is 2.82. The van der Waals surface area contributed by atoms with Crippen molar-refractivity contribution in [2.75, 3.05) is 0 Å². The Morgan fingerprint density at radius 2 is 1.62 bits per heavy atom. The van der Waals surface area contributed by atoms with Crippen molar-refractivity contribution < 1.29 is 9.59 Å². The van der Waals surface area contributed by atoms with E-state index < -0.39 is 0 Å². The molecule has 6 rings (SSSR count). The average Bonchev–Trinajstić information content (AvgIpc) is 3.16. The van der Waals surface area contributed by atoms with Gasteiger partial charge in [-0.1, -0.05) is 48.0 Å². The molecule has 164 valence electrons. The Morgan fingerprint density at radius 3 is 2.41 bits per heavy atom. The highest BCUT2D eigenvalue weighted by Gasteiger charge is 2.31. The van der Waals surface area contributed by atoms with Gasteiger partial charge in [-0.2, -0.15) is 4.52 Å². The lowest BCUT2D eigenvalue weighted by Gasteiger charge is -2.18. The highest BCUT2D eigenvalue weighted by molar-refractivity contribution is 6.31. The van der Waals surface area contributed by atoms with Crippen LogP contribution in [0.1, 0.15) is 37.5 Å². The maximum Gasteiger partial charge on any atom is 0.280 e. The van der Waals surface area contributed by atoms with Gasteiger partial charge in [0.15, 0.2) is 22.9 Å². The molecule has 0 atom stereocenters. The number of aromatic nitrogens is 3. The molecular weight excluding hydrogens is 454 g/mol. The summed E-state index contributed by atoms with van der Waals surface area (Å²) in [5, 5.41) is 12.4. The summed E-state index contributed by atoms with van der Waals surface area (Å²) in [6.07, 6.45) is 0. The number of benzene rings is 3. The molecule has 0 aliphatic heterocycles. The fraction of sp³-hybridized carbons (Fsp3) is 0.0400. The minimum Gasteiger partial charge on any atom is -0.292 e. The Labute approximate surface area is 196 Å². The van der Waals surface area contributed by atoms with Crippen molar-refractivity contribution in [2.24, 2.45) is 10.2 Å².